The first-order chi connectivity index (χ1) is 9.43. The van der Waals surface area contributed by atoms with Gasteiger partial charge in [-0.15, -0.1) is 0 Å². The minimum absolute atomic E-state index is 0.510. The Morgan fingerprint density at radius 2 is 1.85 bits per heavy atom. The maximum Gasteiger partial charge on any atom is 0.451 e. The molecular weight excluding hydrogens is 279 g/mol. The molecule has 0 saturated carbocycles. The number of unbranched alkanes of at least 4 members (excludes halogenated alkanes) is 1. The quantitative estimate of drug-likeness (QED) is 0.543. The first kappa shape index (κ1) is 22.0. The van der Waals surface area contributed by atoms with Crippen LogP contribution in [-0.2, 0) is 4.79 Å². The molecule has 8 heteroatoms. The number of carbonyl (C=O) groups is 1. The van der Waals surface area contributed by atoms with Gasteiger partial charge in [0.15, 0.2) is 0 Å². The summed E-state index contributed by atoms with van der Waals surface area (Å²) in [6.45, 7) is 7.47. The average Bonchev–Trinajstić information content (AvgIpc) is 2.38. The summed E-state index contributed by atoms with van der Waals surface area (Å²) in [7, 11) is -1.10. The average molecular weight is 308 g/mol. The zero-order valence-corrected chi connectivity index (χ0v) is 13.4. The summed E-state index contributed by atoms with van der Waals surface area (Å²) in [5, 5.41) is 23.9. The summed E-state index contributed by atoms with van der Waals surface area (Å²) in [6, 6.07) is 0. The van der Waals surface area contributed by atoms with Gasteiger partial charge >= 0.3 is 7.12 Å². The van der Waals surface area contributed by atoms with Crippen molar-refractivity contribution in [3.8, 4) is 0 Å². The fraction of sp³-hybridized carbons (Fsp3) is 0.917. The molecule has 0 bridgehead atoms. The molecule has 1 heterocycles. The highest BCUT2D eigenvalue weighted by molar-refractivity contribution is 7.99. The van der Waals surface area contributed by atoms with Crippen molar-refractivity contribution in [1.29, 1.82) is 0 Å². The summed E-state index contributed by atoms with van der Waals surface area (Å²) in [6.07, 6.45) is 2.44. The van der Waals surface area contributed by atoms with Crippen molar-refractivity contribution in [2.45, 2.75) is 33.0 Å². The van der Waals surface area contributed by atoms with E-state index in [1.54, 1.807) is 0 Å². The smallest absolute Gasteiger partial charge is 0.451 e. The molecule has 20 heavy (non-hydrogen) atoms. The fourth-order valence-corrected chi connectivity index (χ4v) is 2.37. The van der Waals surface area contributed by atoms with Crippen LogP contribution in [0.1, 0.15) is 26.7 Å². The second-order valence-electron chi connectivity index (χ2n) is 4.38. The van der Waals surface area contributed by atoms with Crippen LogP contribution >= 0.6 is 11.8 Å². The van der Waals surface area contributed by atoms with Crippen LogP contribution in [0.25, 0.3) is 0 Å². The lowest BCUT2D eigenvalue weighted by Gasteiger charge is -2.25. The third-order valence-electron chi connectivity index (χ3n) is 2.36. The van der Waals surface area contributed by atoms with E-state index in [0.717, 1.165) is 32.9 Å². The molecule has 1 saturated heterocycles. The number of hydrogen-bond donors (Lipinski definition) is 4. The van der Waals surface area contributed by atoms with E-state index in [-0.39, 0.29) is 0 Å². The molecule has 0 aromatic rings. The molecule has 0 atom stereocenters. The molecule has 1 rings (SSSR count). The zero-order valence-electron chi connectivity index (χ0n) is 12.6. The highest BCUT2D eigenvalue weighted by Gasteiger charge is 2.07. The van der Waals surface area contributed by atoms with Crippen LogP contribution in [-0.4, -0.2) is 70.8 Å². The first-order valence-electron chi connectivity index (χ1n) is 6.99. The lowest BCUT2D eigenvalue weighted by Crippen LogP contribution is -2.36. The summed E-state index contributed by atoms with van der Waals surface area (Å²) < 4.78 is 0. The Morgan fingerprint density at radius 3 is 2.15 bits per heavy atom. The van der Waals surface area contributed by atoms with E-state index in [1.807, 2.05) is 18.7 Å². The molecule has 0 aromatic heterocycles. The number of nitrogens with zero attached hydrogens (tertiary/aromatic N) is 1. The van der Waals surface area contributed by atoms with Crippen LogP contribution < -0.4 is 5.73 Å². The van der Waals surface area contributed by atoms with E-state index in [4.69, 9.17) is 25.7 Å². The molecule has 0 amide bonds. The van der Waals surface area contributed by atoms with E-state index in [0.29, 0.717) is 6.32 Å². The predicted molar refractivity (Wildman–Crippen MR) is 86.0 cm³/mol. The molecule has 0 unspecified atom stereocenters. The topological polar surface area (TPSA) is 107 Å². The molecule has 0 aromatic carbocycles. The normalized spacial score (nSPS) is 14.4. The van der Waals surface area contributed by atoms with Gasteiger partial charge in [0.25, 0.3) is 5.97 Å². The number of thioether (sulfide) groups is 1. The van der Waals surface area contributed by atoms with Gasteiger partial charge in [0.1, 0.15) is 0 Å². The Morgan fingerprint density at radius 1 is 1.35 bits per heavy atom. The molecule has 0 spiro atoms. The standard InChI is InChI=1S/C6H14N2S.C4H11BO2.C2H4O2/c7-1-2-8-3-5-9-6-4-8;1-2-3-4-5(6)7;1-2(3)4/h1-7H2;6-7H,2-4H2,1H3;1H3,(H,3,4). The molecule has 1 aliphatic rings. The predicted octanol–water partition coefficient (Wildman–Crippen LogP) is 0.344. The fourth-order valence-electron chi connectivity index (χ4n) is 1.39. The Hall–Kier alpha value is -0.275. The molecule has 6 nitrogen and oxygen atoms in total. The third kappa shape index (κ3) is 22.9. The molecule has 5 N–H and O–H groups in total. The van der Waals surface area contributed by atoms with Gasteiger partial charge < -0.3 is 25.8 Å². The number of carboxylic acids is 1. The molecule has 1 fully saturated rings. The number of nitrogens with two attached hydrogens (primary N) is 1. The van der Waals surface area contributed by atoms with Gasteiger partial charge in [-0.25, -0.2) is 0 Å². The Kier molecular flexibility index (Phi) is 18.5. The second kappa shape index (κ2) is 16.8. The summed E-state index contributed by atoms with van der Waals surface area (Å²) in [5.74, 6) is 1.75. The van der Waals surface area contributed by atoms with Crippen LogP contribution in [0.3, 0.4) is 0 Å². The van der Waals surface area contributed by atoms with Crippen molar-refractivity contribution in [3.63, 3.8) is 0 Å². The van der Waals surface area contributed by atoms with E-state index in [9.17, 15) is 0 Å². The summed E-state index contributed by atoms with van der Waals surface area (Å²) in [4.78, 5) is 11.4. The van der Waals surface area contributed by atoms with Crippen LogP contribution in [0.15, 0.2) is 0 Å². The van der Waals surface area contributed by atoms with Crippen molar-refractivity contribution >= 4 is 24.8 Å². The maximum atomic E-state index is 9.00. The SMILES string of the molecule is CC(=O)O.CCCCB(O)O.NCCN1CCSCC1. The highest BCUT2D eigenvalue weighted by Crippen LogP contribution is 2.07. The van der Waals surface area contributed by atoms with Gasteiger partial charge in [0.05, 0.1) is 0 Å². The van der Waals surface area contributed by atoms with Gasteiger partial charge in [-0.2, -0.15) is 11.8 Å². The van der Waals surface area contributed by atoms with E-state index in [2.05, 4.69) is 4.90 Å². The molecule has 120 valence electrons. The van der Waals surface area contributed by atoms with Crippen molar-refractivity contribution in [1.82, 2.24) is 4.90 Å². The zero-order chi connectivity index (χ0) is 15.8. The van der Waals surface area contributed by atoms with Gasteiger partial charge in [0, 0.05) is 44.6 Å². The van der Waals surface area contributed by atoms with Crippen molar-refractivity contribution in [3.05, 3.63) is 0 Å². The molecular formula is C12H29BN2O4S. The van der Waals surface area contributed by atoms with Crippen LogP contribution in [0.5, 0.6) is 0 Å². The van der Waals surface area contributed by atoms with Crippen molar-refractivity contribution in [2.75, 3.05) is 37.7 Å². The van der Waals surface area contributed by atoms with Crippen LogP contribution in [0, 0.1) is 0 Å². The molecule has 0 radical (unpaired) electrons. The van der Waals surface area contributed by atoms with Crippen molar-refractivity contribution < 1.29 is 19.9 Å². The minimum atomic E-state index is -1.10. The second-order valence-corrected chi connectivity index (χ2v) is 5.61. The van der Waals surface area contributed by atoms with Gasteiger partial charge in [-0.3, -0.25) is 4.79 Å². The van der Waals surface area contributed by atoms with E-state index in [1.165, 1.54) is 24.6 Å². The first-order valence-corrected chi connectivity index (χ1v) is 8.15. The van der Waals surface area contributed by atoms with Gasteiger partial charge in [-0.1, -0.05) is 19.8 Å². The lowest BCUT2D eigenvalue weighted by atomic mass is 9.84. The number of carboxylic acid groups (broad SMARTS) is 1. The minimum Gasteiger partial charge on any atom is -0.481 e. The lowest BCUT2D eigenvalue weighted by molar-refractivity contribution is -0.134. The summed E-state index contributed by atoms with van der Waals surface area (Å²) in [5.41, 5.74) is 5.41. The van der Waals surface area contributed by atoms with Gasteiger partial charge in [-0.05, 0) is 6.32 Å². The van der Waals surface area contributed by atoms with Crippen LogP contribution in [0.4, 0.5) is 0 Å². The number of hydrogen-bond acceptors (Lipinski definition) is 6. The van der Waals surface area contributed by atoms with E-state index < -0.39 is 13.1 Å². The summed E-state index contributed by atoms with van der Waals surface area (Å²) >= 11 is 2.04. The molecule has 1 aliphatic heterocycles. The van der Waals surface area contributed by atoms with Crippen molar-refractivity contribution in [2.24, 2.45) is 5.73 Å². The number of rotatable bonds is 5. The van der Waals surface area contributed by atoms with E-state index >= 15 is 0 Å². The van der Waals surface area contributed by atoms with Crippen LogP contribution in [0.2, 0.25) is 6.32 Å². The highest BCUT2D eigenvalue weighted by atomic mass is 32.2. The maximum absolute atomic E-state index is 9.00. The Labute approximate surface area is 126 Å². The Balaban J connectivity index is 0. The van der Waals surface area contributed by atoms with Gasteiger partial charge in [0.2, 0.25) is 0 Å². The largest absolute Gasteiger partial charge is 0.481 e. The third-order valence-corrected chi connectivity index (χ3v) is 3.31. The monoisotopic (exact) mass is 308 g/mol. The number of aliphatic carboxylic acids is 1. The Bertz CT molecular complexity index is 211. The molecule has 0 aliphatic carbocycles.